The van der Waals surface area contributed by atoms with Gasteiger partial charge in [0.15, 0.2) is 0 Å². The summed E-state index contributed by atoms with van der Waals surface area (Å²) in [6, 6.07) is -2.34. The molecule has 0 aromatic heterocycles. The lowest BCUT2D eigenvalue weighted by molar-refractivity contribution is -0.147. The van der Waals surface area contributed by atoms with Crippen LogP contribution in [0.4, 0.5) is 13.6 Å². The highest BCUT2D eigenvalue weighted by Gasteiger charge is 2.69. The molecule has 1 aliphatic heterocycles. The van der Waals surface area contributed by atoms with E-state index in [2.05, 4.69) is 10.1 Å². The summed E-state index contributed by atoms with van der Waals surface area (Å²) < 4.78 is 35.4. The van der Waals surface area contributed by atoms with Gasteiger partial charge in [0.05, 0.1) is 7.11 Å². The number of nitrogens with one attached hydrogen (secondary N) is 1. The van der Waals surface area contributed by atoms with Gasteiger partial charge in [0.1, 0.15) is 17.7 Å². The third-order valence-corrected chi connectivity index (χ3v) is 5.32. The first-order chi connectivity index (χ1) is 12.3. The van der Waals surface area contributed by atoms with Gasteiger partial charge in [-0.3, -0.25) is 9.69 Å². The number of amides is 2. The largest absolute Gasteiger partial charge is 0.467 e. The van der Waals surface area contributed by atoms with Gasteiger partial charge in [-0.2, -0.15) is 0 Å². The summed E-state index contributed by atoms with van der Waals surface area (Å²) in [6.45, 7) is 9.49. The number of ether oxygens (including phenoxy) is 2. The lowest BCUT2D eigenvalue weighted by Gasteiger charge is -2.32. The van der Waals surface area contributed by atoms with Gasteiger partial charge in [0.25, 0.3) is 0 Å². The van der Waals surface area contributed by atoms with Crippen molar-refractivity contribution >= 4 is 18.0 Å². The monoisotopic (exact) mass is 390 g/mol. The van der Waals surface area contributed by atoms with E-state index >= 15 is 0 Å². The Hall–Kier alpha value is -1.93. The standard InChI is InChI=1S/C18H28F2N2O5/c1-17(2,3)27-16(25)22-8-9-12(18(9,4)5)13(22)14(23)21-10(7-11(19)20)15(24)26-6/h9-13H,7-8H2,1-6H3,(H,21,23)/t9-,10-,12-,13-/m0/s1. The summed E-state index contributed by atoms with van der Waals surface area (Å²) in [5.41, 5.74) is -0.880. The molecule has 0 spiro atoms. The fourth-order valence-electron chi connectivity index (χ4n) is 3.89. The molecule has 7 nitrogen and oxygen atoms in total. The van der Waals surface area contributed by atoms with Gasteiger partial charge >= 0.3 is 12.1 Å². The van der Waals surface area contributed by atoms with E-state index in [0.29, 0.717) is 6.54 Å². The summed E-state index contributed by atoms with van der Waals surface area (Å²) in [5, 5.41) is 2.34. The van der Waals surface area contributed by atoms with Crippen LogP contribution >= 0.6 is 0 Å². The average Bonchev–Trinajstić information content (AvgIpc) is 2.89. The van der Waals surface area contributed by atoms with Crippen LogP contribution in [0, 0.1) is 17.3 Å². The van der Waals surface area contributed by atoms with Crippen LogP contribution in [0.1, 0.15) is 41.0 Å². The van der Waals surface area contributed by atoms with Gasteiger partial charge in [0, 0.05) is 13.0 Å². The summed E-state index contributed by atoms with van der Waals surface area (Å²) in [7, 11) is 1.07. The predicted molar refractivity (Wildman–Crippen MR) is 92.1 cm³/mol. The minimum atomic E-state index is -2.79. The topological polar surface area (TPSA) is 84.9 Å². The van der Waals surface area contributed by atoms with Crippen molar-refractivity contribution in [1.29, 1.82) is 0 Å². The van der Waals surface area contributed by atoms with Gasteiger partial charge in [-0.1, -0.05) is 13.8 Å². The van der Waals surface area contributed by atoms with E-state index in [0.717, 1.165) is 7.11 Å². The quantitative estimate of drug-likeness (QED) is 0.728. The second kappa shape index (κ2) is 7.24. The third kappa shape index (κ3) is 4.50. The highest BCUT2D eigenvalue weighted by atomic mass is 19.3. The average molecular weight is 390 g/mol. The Morgan fingerprint density at radius 1 is 1.26 bits per heavy atom. The van der Waals surface area contributed by atoms with Gasteiger partial charge in [-0.05, 0) is 38.0 Å². The number of carbonyl (C=O) groups is 3. The normalized spacial score (nSPS) is 27.0. The first-order valence-electron chi connectivity index (χ1n) is 8.95. The highest BCUT2D eigenvalue weighted by molar-refractivity contribution is 5.91. The van der Waals surface area contributed by atoms with Crippen LogP contribution in [-0.2, 0) is 19.1 Å². The molecule has 2 aliphatic rings. The number of rotatable bonds is 5. The Morgan fingerprint density at radius 3 is 2.33 bits per heavy atom. The molecule has 2 rings (SSSR count). The lowest BCUT2D eigenvalue weighted by atomic mass is 10.0. The molecular formula is C18H28F2N2O5. The summed E-state index contributed by atoms with van der Waals surface area (Å²) in [5.74, 6) is -1.59. The van der Waals surface area contributed by atoms with Crippen molar-refractivity contribution in [3.8, 4) is 0 Å². The van der Waals surface area contributed by atoms with E-state index in [1.54, 1.807) is 20.8 Å². The SMILES string of the molecule is COC(=O)[C@H](CC(F)F)NC(=O)[C@@H]1[C@@H]2[C@H](CN1C(=O)OC(C)(C)C)C2(C)C. The van der Waals surface area contributed by atoms with Crippen LogP contribution in [-0.4, -0.2) is 60.6 Å². The van der Waals surface area contributed by atoms with Gasteiger partial charge < -0.3 is 14.8 Å². The van der Waals surface area contributed by atoms with Crippen LogP contribution in [0.5, 0.6) is 0 Å². The molecule has 1 saturated heterocycles. The Bertz CT molecular complexity index is 617. The predicted octanol–water partition coefficient (Wildman–Crippen LogP) is 2.19. The van der Waals surface area contributed by atoms with Crippen LogP contribution < -0.4 is 5.32 Å². The minimum Gasteiger partial charge on any atom is -0.467 e. The molecule has 1 saturated carbocycles. The van der Waals surface area contributed by atoms with Crippen molar-refractivity contribution in [1.82, 2.24) is 10.2 Å². The molecule has 9 heteroatoms. The zero-order chi connectivity index (χ0) is 20.7. The van der Waals surface area contributed by atoms with Crippen molar-refractivity contribution in [3.05, 3.63) is 0 Å². The van der Waals surface area contributed by atoms with Crippen molar-refractivity contribution in [3.63, 3.8) is 0 Å². The van der Waals surface area contributed by atoms with E-state index in [1.807, 2.05) is 13.8 Å². The molecule has 0 aromatic rings. The van der Waals surface area contributed by atoms with Crippen molar-refractivity contribution in [2.45, 2.75) is 65.1 Å². The van der Waals surface area contributed by atoms with Gasteiger partial charge in [-0.25, -0.2) is 18.4 Å². The Labute approximate surface area is 157 Å². The molecule has 1 heterocycles. The second-order valence-electron chi connectivity index (χ2n) is 8.74. The van der Waals surface area contributed by atoms with Crippen LogP contribution in [0.3, 0.4) is 0 Å². The van der Waals surface area contributed by atoms with Gasteiger partial charge in [0.2, 0.25) is 12.3 Å². The molecule has 154 valence electrons. The number of fused-ring (bicyclic) bond motifs is 1. The Kier molecular flexibility index (Phi) is 5.73. The summed E-state index contributed by atoms with van der Waals surface area (Å²) in [4.78, 5) is 38.4. The summed E-state index contributed by atoms with van der Waals surface area (Å²) in [6.07, 6.45) is -4.27. The number of likely N-dealkylation sites (tertiary alicyclic amines) is 1. The zero-order valence-electron chi connectivity index (χ0n) is 16.5. The zero-order valence-corrected chi connectivity index (χ0v) is 16.5. The lowest BCUT2D eigenvalue weighted by Crippen LogP contribution is -2.54. The number of esters is 1. The van der Waals surface area contributed by atoms with Crippen molar-refractivity contribution in [2.75, 3.05) is 13.7 Å². The van der Waals surface area contributed by atoms with E-state index < -0.39 is 48.5 Å². The number of piperidine rings is 1. The van der Waals surface area contributed by atoms with Crippen molar-refractivity contribution < 1.29 is 32.6 Å². The number of methoxy groups -OCH3 is 1. The molecule has 2 fully saturated rings. The second-order valence-corrected chi connectivity index (χ2v) is 8.74. The molecular weight excluding hydrogens is 362 g/mol. The Balaban J connectivity index is 2.18. The molecule has 2 amide bonds. The first-order valence-corrected chi connectivity index (χ1v) is 8.95. The van der Waals surface area contributed by atoms with Gasteiger partial charge in [-0.15, -0.1) is 0 Å². The van der Waals surface area contributed by atoms with Crippen LogP contribution in [0.15, 0.2) is 0 Å². The molecule has 1 N–H and O–H groups in total. The van der Waals surface area contributed by atoms with E-state index in [1.165, 1.54) is 4.90 Å². The molecule has 1 aliphatic carbocycles. The number of hydrogen-bond acceptors (Lipinski definition) is 5. The molecule has 0 radical (unpaired) electrons. The fraction of sp³-hybridized carbons (Fsp3) is 0.833. The molecule has 0 aromatic carbocycles. The van der Waals surface area contributed by atoms with E-state index in [4.69, 9.17) is 4.74 Å². The molecule has 27 heavy (non-hydrogen) atoms. The number of nitrogens with zero attached hydrogens (tertiary/aromatic N) is 1. The minimum absolute atomic E-state index is 0.116. The molecule has 0 unspecified atom stereocenters. The molecule has 4 atom stereocenters. The maximum Gasteiger partial charge on any atom is 0.410 e. The number of alkyl halides is 2. The number of hydrogen-bond donors (Lipinski definition) is 1. The highest BCUT2D eigenvalue weighted by Crippen LogP contribution is 2.64. The van der Waals surface area contributed by atoms with Crippen LogP contribution in [0.2, 0.25) is 0 Å². The number of carbonyl (C=O) groups excluding carboxylic acids is 3. The summed E-state index contributed by atoms with van der Waals surface area (Å²) >= 11 is 0. The smallest absolute Gasteiger partial charge is 0.410 e. The van der Waals surface area contributed by atoms with E-state index in [-0.39, 0.29) is 17.3 Å². The maximum absolute atomic E-state index is 12.8. The maximum atomic E-state index is 12.8. The number of halogens is 2. The van der Waals surface area contributed by atoms with Crippen LogP contribution in [0.25, 0.3) is 0 Å². The van der Waals surface area contributed by atoms with E-state index in [9.17, 15) is 23.2 Å². The molecule has 0 bridgehead atoms. The first kappa shape index (κ1) is 21.4. The third-order valence-electron chi connectivity index (χ3n) is 5.32. The fourth-order valence-corrected chi connectivity index (χ4v) is 3.89. The Morgan fingerprint density at radius 2 is 1.85 bits per heavy atom. The van der Waals surface area contributed by atoms with Crippen molar-refractivity contribution in [2.24, 2.45) is 17.3 Å².